The zero-order valence-corrected chi connectivity index (χ0v) is 13.5. The number of benzene rings is 1. The molecule has 22 heavy (non-hydrogen) atoms. The van der Waals surface area contributed by atoms with Gasteiger partial charge >= 0.3 is 0 Å². The van der Waals surface area contributed by atoms with Gasteiger partial charge in [-0.05, 0) is 24.6 Å². The van der Waals surface area contributed by atoms with Crippen molar-refractivity contribution in [3.05, 3.63) is 50.9 Å². The van der Waals surface area contributed by atoms with Crippen LogP contribution in [-0.4, -0.2) is 19.7 Å². The molecule has 0 saturated carbocycles. The Morgan fingerprint density at radius 3 is 2.73 bits per heavy atom. The second-order valence-electron chi connectivity index (χ2n) is 4.61. The minimum atomic E-state index is -0.262. The number of aromatic nitrogens is 4. The van der Waals surface area contributed by atoms with Crippen LogP contribution in [0.2, 0.25) is 15.2 Å². The lowest BCUT2D eigenvalue weighted by Crippen LogP contribution is -2.10. The SMILES string of the molecule is CC(c1ccc(Cl)cc1Cl)n1nc(C#N)c2ncc(Cl)nc21. The third-order valence-electron chi connectivity index (χ3n) is 3.26. The maximum Gasteiger partial charge on any atom is 0.190 e. The number of hydrogen-bond donors (Lipinski definition) is 0. The number of rotatable bonds is 2. The molecule has 0 aliphatic carbocycles. The van der Waals surface area contributed by atoms with E-state index in [0.717, 1.165) is 5.56 Å². The molecule has 0 fully saturated rings. The van der Waals surface area contributed by atoms with E-state index in [0.29, 0.717) is 21.2 Å². The summed E-state index contributed by atoms with van der Waals surface area (Å²) in [7, 11) is 0. The van der Waals surface area contributed by atoms with Crippen molar-refractivity contribution in [3.63, 3.8) is 0 Å². The highest BCUT2D eigenvalue weighted by Crippen LogP contribution is 2.30. The standard InChI is InChI=1S/C14H8Cl3N5/c1-7(9-3-2-8(15)4-10(9)16)22-14-13(11(5-18)21-22)19-6-12(17)20-14/h2-4,6-7H,1H3. The highest BCUT2D eigenvalue weighted by atomic mass is 35.5. The second-order valence-corrected chi connectivity index (χ2v) is 5.84. The molecule has 110 valence electrons. The molecule has 0 spiro atoms. The smallest absolute Gasteiger partial charge is 0.190 e. The van der Waals surface area contributed by atoms with E-state index in [1.165, 1.54) is 6.20 Å². The monoisotopic (exact) mass is 351 g/mol. The zero-order chi connectivity index (χ0) is 15.9. The molecule has 3 rings (SSSR count). The lowest BCUT2D eigenvalue weighted by Gasteiger charge is -2.15. The topological polar surface area (TPSA) is 67.4 Å². The number of hydrogen-bond acceptors (Lipinski definition) is 4. The average Bonchev–Trinajstić information content (AvgIpc) is 2.84. The van der Waals surface area contributed by atoms with Gasteiger partial charge in [0.15, 0.2) is 11.3 Å². The van der Waals surface area contributed by atoms with E-state index in [2.05, 4.69) is 15.1 Å². The van der Waals surface area contributed by atoms with E-state index in [9.17, 15) is 5.26 Å². The van der Waals surface area contributed by atoms with Crippen molar-refractivity contribution in [1.82, 2.24) is 19.7 Å². The normalized spacial score (nSPS) is 12.3. The first-order chi connectivity index (χ1) is 10.5. The first kappa shape index (κ1) is 15.0. The van der Waals surface area contributed by atoms with Gasteiger partial charge in [-0.25, -0.2) is 14.6 Å². The third kappa shape index (κ3) is 2.50. The zero-order valence-electron chi connectivity index (χ0n) is 11.3. The molecule has 0 saturated heterocycles. The van der Waals surface area contributed by atoms with Gasteiger partial charge in [0.1, 0.15) is 16.7 Å². The highest BCUT2D eigenvalue weighted by molar-refractivity contribution is 6.35. The molecule has 0 amide bonds. The first-order valence-electron chi connectivity index (χ1n) is 6.27. The van der Waals surface area contributed by atoms with Gasteiger partial charge in [0, 0.05) is 10.0 Å². The van der Waals surface area contributed by atoms with Crippen molar-refractivity contribution in [1.29, 1.82) is 5.26 Å². The summed E-state index contributed by atoms with van der Waals surface area (Å²) >= 11 is 18.1. The van der Waals surface area contributed by atoms with E-state index in [1.807, 2.05) is 19.1 Å². The number of nitrogens with zero attached hydrogens (tertiary/aromatic N) is 5. The summed E-state index contributed by atoms with van der Waals surface area (Å²) in [5, 5.41) is 14.7. The number of nitriles is 1. The van der Waals surface area contributed by atoms with E-state index >= 15 is 0 Å². The lowest BCUT2D eigenvalue weighted by atomic mass is 10.1. The second kappa shape index (κ2) is 5.73. The molecule has 2 heterocycles. The Kier molecular flexibility index (Phi) is 3.92. The number of halogens is 3. The Morgan fingerprint density at radius 2 is 2.05 bits per heavy atom. The van der Waals surface area contributed by atoms with Crippen LogP contribution < -0.4 is 0 Å². The van der Waals surface area contributed by atoms with Crippen LogP contribution in [0.5, 0.6) is 0 Å². The summed E-state index contributed by atoms with van der Waals surface area (Å²) in [4.78, 5) is 8.35. The van der Waals surface area contributed by atoms with Crippen LogP contribution in [-0.2, 0) is 0 Å². The van der Waals surface area contributed by atoms with Crippen molar-refractivity contribution in [2.45, 2.75) is 13.0 Å². The van der Waals surface area contributed by atoms with Gasteiger partial charge in [-0.2, -0.15) is 10.4 Å². The number of fused-ring (bicyclic) bond motifs is 1. The molecule has 2 aromatic heterocycles. The van der Waals surface area contributed by atoms with Crippen LogP contribution in [0.1, 0.15) is 24.2 Å². The predicted octanol–water partition coefficient (Wildman–Crippen LogP) is 4.27. The maximum absolute atomic E-state index is 9.19. The third-order valence-corrected chi connectivity index (χ3v) is 4.00. The van der Waals surface area contributed by atoms with Crippen molar-refractivity contribution in [3.8, 4) is 6.07 Å². The van der Waals surface area contributed by atoms with Gasteiger partial charge in [0.05, 0.1) is 12.2 Å². The highest BCUT2D eigenvalue weighted by Gasteiger charge is 2.20. The summed E-state index contributed by atoms with van der Waals surface area (Å²) in [6.07, 6.45) is 1.39. The van der Waals surface area contributed by atoms with Gasteiger partial charge in [0.2, 0.25) is 0 Å². The Labute approximate surface area is 141 Å². The van der Waals surface area contributed by atoms with Gasteiger partial charge < -0.3 is 0 Å². The Hall–Kier alpha value is -1.87. The molecular formula is C14H8Cl3N5. The fourth-order valence-corrected chi connectivity index (χ4v) is 2.90. The van der Waals surface area contributed by atoms with Crippen LogP contribution >= 0.6 is 34.8 Å². The molecule has 5 nitrogen and oxygen atoms in total. The van der Waals surface area contributed by atoms with Gasteiger partial charge in [-0.15, -0.1) is 0 Å². The van der Waals surface area contributed by atoms with E-state index in [-0.39, 0.29) is 16.9 Å². The lowest BCUT2D eigenvalue weighted by molar-refractivity contribution is 0.577. The van der Waals surface area contributed by atoms with Gasteiger partial charge in [0.25, 0.3) is 0 Å². The van der Waals surface area contributed by atoms with Crippen LogP contribution in [0.15, 0.2) is 24.4 Å². The molecule has 1 aromatic carbocycles. The van der Waals surface area contributed by atoms with Crippen LogP contribution in [0.25, 0.3) is 11.2 Å². The first-order valence-corrected chi connectivity index (χ1v) is 7.40. The molecule has 1 unspecified atom stereocenters. The molecular weight excluding hydrogens is 345 g/mol. The van der Waals surface area contributed by atoms with E-state index in [1.54, 1.807) is 16.8 Å². The fourth-order valence-electron chi connectivity index (χ4n) is 2.21. The van der Waals surface area contributed by atoms with Crippen LogP contribution in [0.3, 0.4) is 0 Å². The van der Waals surface area contributed by atoms with Gasteiger partial charge in [-0.3, -0.25) is 0 Å². The Bertz CT molecular complexity index is 913. The Morgan fingerprint density at radius 1 is 1.27 bits per heavy atom. The quantitative estimate of drug-likeness (QED) is 0.691. The van der Waals surface area contributed by atoms with Gasteiger partial charge in [-0.1, -0.05) is 40.9 Å². The molecule has 3 aromatic rings. The molecule has 0 aliphatic rings. The summed E-state index contributed by atoms with van der Waals surface area (Å²) in [6, 6.07) is 6.96. The summed E-state index contributed by atoms with van der Waals surface area (Å²) in [5.74, 6) is 0. The molecule has 8 heteroatoms. The summed E-state index contributed by atoms with van der Waals surface area (Å²) in [6.45, 7) is 1.89. The summed E-state index contributed by atoms with van der Waals surface area (Å²) < 4.78 is 1.59. The summed E-state index contributed by atoms with van der Waals surface area (Å²) in [5.41, 5.74) is 1.84. The predicted molar refractivity (Wildman–Crippen MR) is 85.3 cm³/mol. The minimum Gasteiger partial charge on any atom is -0.247 e. The average molecular weight is 353 g/mol. The van der Waals surface area contributed by atoms with Crippen molar-refractivity contribution in [2.75, 3.05) is 0 Å². The molecule has 0 bridgehead atoms. The molecule has 1 atom stereocenters. The van der Waals surface area contributed by atoms with Crippen LogP contribution in [0.4, 0.5) is 0 Å². The Balaban J connectivity index is 2.21. The minimum absolute atomic E-state index is 0.191. The largest absolute Gasteiger partial charge is 0.247 e. The van der Waals surface area contributed by atoms with E-state index < -0.39 is 0 Å². The van der Waals surface area contributed by atoms with Crippen molar-refractivity contribution < 1.29 is 0 Å². The molecule has 0 N–H and O–H groups in total. The molecule has 0 aliphatic heterocycles. The fraction of sp³-hybridized carbons (Fsp3) is 0.143. The van der Waals surface area contributed by atoms with Crippen molar-refractivity contribution in [2.24, 2.45) is 0 Å². The van der Waals surface area contributed by atoms with Crippen LogP contribution in [0, 0.1) is 11.3 Å². The maximum atomic E-state index is 9.19. The van der Waals surface area contributed by atoms with Crippen molar-refractivity contribution >= 4 is 46.0 Å². The molecule has 0 radical (unpaired) electrons. The van der Waals surface area contributed by atoms with E-state index in [4.69, 9.17) is 34.8 Å².